The molecule has 5 heteroatoms. The van der Waals surface area contributed by atoms with Crippen molar-refractivity contribution in [3.63, 3.8) is 0 Å². The van der Waals surface area contributed by atoms with Gasteiger partial charge in [-0.3, -0.25) is 4.90 Å². The van der Waals surface area contributed by atoms with Gasteiger partial charge in [0.25, 0.3) is 0 Å². The van der Waals surface area contributed by atoms with Crippen LogP contribution in [0.2, 0.25) is 0 Å². The third-order valence-electron chi connectivity index (χ3n) is 3.59. The molecule has 1 aliphatic rings. The molecule has 20 heavy (non-hydrogen) atoms. The van der Waals surface area contributed by atoms with Gasteiger partial charge in [-0.2, -0.15) is 5.26 Å². The summed E-state index contributed by atoms with van der Waals surface area (Å²) in [4.78, 5) is 2.09. The Bertz CT molecular complexity index is 472. The molecule has 108 valence electrons. The van der Waals surface area contributed by atoms with Crippen molar-refractivity contribution in [3.05, 3.63) is 29.8 Å². The molecule has 0 bridgehead atoms. The lowest BCUT2D eigenvalue weighted by molar-refractivity contribution is 0.0532. The number of aliphatic hydroxyl groups is 2. The zero-order valence-electron chi connectivity index (χ0n) is 11.4. The highest BCUT2D eigenvalue weighted by Gasteiger charge is 2.25. The summed E-state index contributed by atoms with van der Waals surface area (Å²) < 4.78 is 5.51. The Hall–Kier alpha value is -1.61. The molecular formula is C15H20N2O3. The van der Waals surface area contributed by atoms with E-state index < -0.39 is 6.10 Å². The fraction of sp³-hybridized carbons (Fsp3) is 0.533. The number of likely N-dealkylation sites (tertiary alicyclic amines) is 1. The van der Waals surface area contributed by atoms with E-state index in [-0.39, 0.29) is 19.3 Å². The molecule has 1 aliphatic heterocycles. The predicted octanol–water partition coefficient (Wildman–Crippen LogP) is 0.755. The maximum absolute atomic E-state index is 10.0. The largest absolute Gasteiger partial charge is 0.489 e. The Morgan fingerprint density at radius 1 is 1.45 bits per heavy atom. The van der Waals surface area contributed by atoms with Crippen LogP contribution in [0.4, 0.5) is 0 Å². The van der Waals surface area contributed by atoms with Crippen LogP contribution >= 0.6 is 0 Å². The smallest absolute Gasteiger partial charge is 0.137 e. The van der Waals surface area contributed by atoms with Crippen molar-refractivity contribution in [1.82, 2.24) is 4.90 Å². The number of para-hydroxylation sites is 1. The van der Waals surface area contributed by atoms with Gasteiger partial charge in [-0.15, -0.1) is 0 Å². The van der Waals surface area contributed by atoms with Crippen LogP contribution in [0.25, 0.3) is 0 Å². The number of nitrogens with zero attached hydrogens (tertiary/aromatic N) is 2. The third-order valence-corrected chi connectivity index (χ3v) is 3.59. The molecule has 1 heterocycles. The van der Waals surface area contributed by atoms with Crippen LogP contribution in [0.15, 0.2) is 24.3 Å². The van der Waals surface area contributed by atoms with E-state index in [0.717, 1.165) is 19.4 Å². The van der Waals surface area contributed by atoms with Crippen LogP contribution in [0.5, 0.6) is 5.75 Å². The lowest BCUT2D eigenvalue weighted by Gasteiger charge is -2.25. The molecule has 0 spiro atoms. The molecule has 5 nitrogen and oxygen atoms in total. The fourth-order valence-electron chi connectivity index (χ4n) is 2.54. The van der Waals surface area contributed by atoms with Gasteiger partial charge in [0.05, 0.1) is 12.2 Å². The van der Waals surface area contributed by atoms with Crippen LogP contribution in [-0.2, 0) is 0 Å². The summed E-state index contributed by atoms with van der Waals surface area (Å²) in [5.41, 5.74) is 0.467. The summed E-state index contributed by atoms with van der Waals surface area (Å²) in [6, 6.07) is 9.18. The molecule has 2 atom stereocenters. The Labute approximate surface area is 119 Å². The van der Waals surface area contributed by atoms with E-state index in [4.69, 9.17) is 10.00 Å². The molecular weight excluding hydrogens is 256 g/mol. The monoisotopic (exact) mass is 276 g/mol. The Morgan fingerprint density at radius 3 is 3.00 bits per heavy atom. The van der Waals surface area contributed by atoms with Crippen molar-refractivity contribution in [2.24, 2.45) is 0 Å². The molecule has 2 N–H and O–H groups in total. The van der Waals surface area contributed by atoms with Crippen LogP contribution in [0.3, 0.4) is 0 Å². The molecule has 1 aromatic carbocycles. The normalized spacial score (nSPS) is 20.6. The number of hydrogen-bond acceptors (Lipinski definition) is 5. The van der Waals surface area contributed by atoms with Crippen LogP contribution in [-0.4, -0.2) is 53.6 Å². The van der Waals surface area contributed by atoms with Gasteiger partial charge in [0, 0.05) is 12.6 Å². The van der Waals surface area contributed by atoms with Gasteiger partial charge in [-0.1, -0.05) is 12.1 Å². The molecule has 0 aliphatic carbocycles. The van der Waals surface area contributed by atoms with Gasteiger partial charge in [0.1, 0.15) is 24.5 Å². The number of ether oxygens (including phenoxy) is 1. The number of nitriles is 1. The highest BCUT2D eigenvalue weighted by Crippen LogP contribution is 2.19. The van der Waals surface area contributed by atoms with Crippen molar-refractivity contribution in [3.8, 4) is 11.8 Å². The maximum atomic E-state index is 10.0. The third kappa shape index (κ3) is 3.70. The zero-order chi connectivity index (χ0) is 14.4. The lowest BCUT2D eigenvalue weighted by atomic mass is 10.2. The zero-order valence-corrected chi connectivity index (χ0v) is 11.4. The molecule has 1 aromatic rings. The standard InChI is InChI=1S/C15H20N2O3/c16-8-12-4-1-2-6-15(12)20-11-14(19)9-17-7-3-5-13(17)10-18/h1-2,4,6,13-14,18-19H,3,5,7,9-11H2. The number of aliphatic hydroxyl groups excluding tert-OH is 2. The maximum Gasteiger partial charge on any atom is 0.137 e. The topological polar surface area (TPSA) is 76.7 Å². The first-order valence-corrected chi connectivity index (χ1v) is 6.89. The van der Waals surface area contributed by atoms with E-state index in [2.05, 4.69) is 11.0 Å². The molecule has 0 aromatic heterocycles. The summed E-state index contributed by atoms with van der Waals surface area (Å²) in [7, 11) is 0. The van der Waals surface area contributed by atoms with E-state index in [1.807, 2.05) is 0 Å². The number of rotatable bonds is 6. The lowest BCUT2D eigenvalue weighted by Crippen LogP contribution is -2.40. The van der Waals surface area contributed by atoms with Gasteiger partial charge < -0.3 is 14.9 Å². The minimum atomic E-state index is -0.631. The molecule has 1 saturated heterocycles. The summed E-state index contributed by atoms with van der Waals surface area (Å²) in [6.45, 7) is 1.66. The van der Waals surface area contributed by atoms with E-state index in [0.29, 0.717) is 17.9 Å². The summed E-state index contributed by atoms with van der Waals surface area (Å²) in [6.07, 6.45) is 1.39. The Morgan fingerprint density at radius 2 is 2.25 bits per heavy atom. The second-order valence-electron chi connectivity index (χ2n) is 5.05. The van der Waals surface area contributed by atoms with Crippen molar-refractivity contribution < 1.29 is 14.9 Å². The van der Waals surface area contributed by atoms with E-state index in [1.54, 1.807) is 24.3 Å². The van der Waals surface area contributed by atoms with Gasteiger partial charge in [-0.05, 0) is 31.5 Å². The second-order valence-corrected chi connectivity index (χ2v) is 5.05. The quantitative estimate of drug-likeness (QED) is 0.802. The Balaban J connectivity index is 1.83. The highest BCUT2D eigenvalue weighted by molar-refractivity contribution is 5.42. The molecule has 0 amide bonds. The first-order chi connectivity index (χ1) is 9.74. The molecule has 1 fully saturated rings. The second kappa shape index (κ2) is 7.25. The van der Waals surface area contributed by atoms with Crippen LogP contribution in [0, 0.1) is 11.3 Å². The molecule has 0 radical (unpaired) electrons. The first kappa shape index (κ1) is 14.8. The average Bonchev–Trinajstić information content (AvgIpc) is 2.92. The van der Waals surface area contributed by atoms with Gasteiger partial charge in [-0.25, -0.2) is 0 Å². The summed E-state index contributed by atoms with van der Waals surface area (Å²) in [5.74, 6) is 0.495. The summed E-state index contributed by atoms with van der Waals surface area (Å²) >= 11 is 0. The number of benzene rings is 1. The van der Waals surface area contributed by atoms with Gasteiger partial charge in [0.2, 0.25) is 0 Å². The van der Waals surface area contributed by atoms with E-state index in [1.165, 1.54) is 0 Å². The van der Waals surface area contributed by atoms with Crippen molar-refractivity contribution >= 4 is 0 Å². The van der Waals surface area contributed by atoms with Crippen molar-refractivity contribution in [1.29, 1.82) is 5.26 Å². The number of β-amino-alcohol motifs (C(OH)–C–C–N with tert-alkyl or cyclic N) is 1. The molecule has 0 saturated carbocycles. The van der Waals surface area contributed by atoms with E-state index in [9.17, 15) is 10.2 Å². The van der Waals surface area contributed by atoms with Crippen molar-refractivity contribution in [2.45, 2.75) is 25.0 Å². The van der Waals surface area contributed by atoms with Crippen LogP contribution in [0.1, 0.15) is 18.4 Å². The highest BCUT2D eigenvalue weighted by atomic mass is 16.5. The average molecular weight is 276 g/mol. The Kier molecular flexibility index (Phi) is 5.36. The predicted molar refractivity (Wildman–Crippen MR) is 74.3 cm³/mol. The molecule has 2 unspecified atom stereocenters. The van der Waals surface area contributed by atoms with Gasteiger partial charge >= 0.3 is 0 Å². The first-order valence-electron chi connectivity index (χ1n) is 6.89. The molecule has 2 rings (SSSR count). The minimum Gasteiger partial charge on any atom is -0.489 e. The fourth-order valence-corrected chi connectivity index (χ4v) is 2.54. The van der Waals surface area contributed by atoms with Crippen molar-refractivity contribution in [2.75, 3.05) is 26.3 Å². The van der Waals surface area contributed by atoms with Crippen LogP contribution < -0.4 is 4.74 Å². The summed E-state index contributed by atoms with van der Waals surface area (Å²) in [5, 5.41) is 28.2. The minimum absolute atomic E-state index is 0.130. The number of hydrogen-bond donors (Lipinski definition) is 2. The van der Waals surface area contributed by atoms with Gasteiger partial charge in [0.15, 0.2) is 0 Å². The SMILES string of the molecule is N#Cc1ccccc1OCC(O)CN1CCCC1CO. The van der Waals surface area contributed by atoms with E-state index >= 15 is 0 Å².